The summed E-state index contributed by atoms with van der Waals surface area (Å²) in [6, 6.07) is 9.60. The highest BCUT2D eigenvalue weighted by molar-refractivity contribution is 5.91. The fourth-order valence-electron chi connectivity index (χ4n) is 3.70. The molecule has 4 heterocycles. The maximum Gasteiger partial charge on any atom is 0.230 e. The molecule has 178 valence electrons. The van der Waals surface area contributed by atoms with Gasteiger partial charge in [-0.05, 0) is 5.56 Å². The van der Waals surface area contributed by atoms with Gasteiger partial charge in [0.1, 0.15) is 5.76 Å². The molecule has 0 saturated carbocycles. The van der Waals surface area contributed by atoms with Crippen molar-refractivity contribution in [1.82, 2.24) is 29.3 Å². The van der Waals surface area contributed by atoms with Crippen LogP contribution in [-0.2, 0) is 23.7 Å². The highest BCUT2D eigenvalue weighted by Gasteiger charge is 2.20. The monoisotopic (exact) mass is 470 g/mol. The molecule has 4 aromatic heterocycles. The summed E-state index contributed by atoms with van der Waals surface area (Å²) in [6.07, 6.45) is 9.24. The molecule has 0 atom stereocenters. The van der Waals surface area contributed by atoms with Gasteiger partial charge in [-0.3, -0.25) is 13.9 Å². The van der Waals surface area contributed by atoms with E-state index in [-0.39, 0.29) is 17.7 Å². The molecule has 0 aliphatic carbocycles. The molecule has 5 rings (SSSR count). The number of nitrogens with one attached hydrogen (secondary N) is 2. The summed E-state index contributed by atoms with van der Waals surface area (Å²) >= 11 is 0. The Hall–Kier alpha value is -4.47. The summed E-state index contributed by atoms with van der Waals surface area (Å²) in [5.74, 6) is 1.63. The van der Waals surface area contributed by atoms with Gasteiger partial charge in [-0.1, -0.05) is 50.2 Å². The molecular formula is C25H26N8O2. The largest absolute Gasteiger partial charge is 0.359 e. The Labute approximate surface area is 202 Å². The van der Waals surface area contributed by atoms with E-state index in [0.717, 1.165) is 28.3 Å². The molecule has 10 heteroatoms. The Bertz CT molecular complexity index is 1490. The molecule has 10 nitrogen and oxygen atoms in total. The number of benzene rings is 1. The molecule has 0 aliphatic heterocycles. The molecule has 35 heavy (non-hydrogen) atoms. The molecule has 5 aromatic rings. The number of aromatic nitrogens is 6. The molecule has 0 fully saturated rings. The van der Waals surface area contributed by atoms with Crippen LogP contribution < -0.4 is 10.6 Å². The normalized spacial score (nSPS) is 11.7. The third-order valence-corrected chi connectivity index (χ3v) is 5.53. The lowest BCUT2D eigenvalue weighted by atomic mass is 9.93. The van der Waals surface area contributed by atoms with E-state index < -0.39 is 0 Å². The molecule has 2 N–H and O–H groups in total. The summed E-state index contributed by atoms with van der Waals surface area (Å²) in [6.45, 7) is 6.08. The van der Waals surface area contributed by atoms with Gasteiger partial charge in [0.25, 0.3) is 0 Å². The lowest BCUT2D eigenvalue weighted by Gasteiger charge is -2.12. The number of imidazole rings is 1. The molecule has 0 radical (unpaired) electrons. The lowest BCUT2D eigenvalue weighted by molar-refractivity contribution is -0.115. The fraction of sp³-hybridized carbons (Fsp3) is 0.240. The van der Waals surface area contributed by atoms with Gasteiger partial charge < -0.3 is 15.2 Å². The van der Waals surface area contributed by atoms with Crippen LogP contribution in [0.2, 0.25) is 0 Å². The Morgan fingerprint density at radius 3 is 2.60 bits per heavy atom. The molecule has 1 aromatic carbocycles. The number of anilines is 3. The van der Waals surface area contributed by atoms with Gasteiger partial charge in [-0.25, -0.2) is 9.97 Å². The highest BCUT2D eigenvalue weighted by atomic mass is 16.5. The summed E-state index contributed by atoms with van der Waals surface area (Å²) in [4.78, 5) is 21.5. The predicted molar refractivity (Wildman–Crippen MR) is 132 cm³/mol. The standard InChI is InChI=1S/C25H26N8O2/c1-25(2,3)20-12-21(31-35-20)30-22(34)11-16-5-7-17(8-6-16)19-14-27-24-23(26-9-10-33(19)24)29-18-13-28-32(4)15-18/h5-10,12-15H,11H2,1-4H3,(H,26,29)(H,30,31,34). The van der Waals surface area contributed by atoms with E-state index in [1.165, 1.54) is 0 Å². The van der Waals surface area contributed by atoms with Crippen LogP contribution in [-0.4, -0.2) is 35.2 Å². The minimum Gasteiger partial charge on any atom is -0.359 e. The van der Waals surface area contributed by atoms with Crippen molar-refractivity contribution < 1.29 is 9.32 Å². The second kappa shape index (κ2) is 8.71. The number of fused-ring (bicyclic) bond motifs is 1. The number of nitrogens with zero attached hydrogens (tertiary/aromatic N) is 6. The van der Waals surface area contributed by atoms with Gasteiger partial charge in [0.15, 0.2) is 17.3 Å². The van der Waals surface area contributed by atoms with Crippen LogP contribution in [0.4, 0.5) is 17.3 Å². The summed E-state index contributed by atoms with van der Waals surface area (Å²) in [5.41, 5.74) is 4.16. The number of hydrogen-bond donors (Lipinski definition) is 2. The van der Waals surface area contributed by atoms with Gasteiger partial charge >= 0.3 is 0 Å². The number of aryl methyl sites for hydroxylation is 1. The van der Waals surface area contributed by atoms with Crippen molar-refractivity contribution in [2.45, 2.75) is 32.6 Å². The topological polar surface area (TPSA) is 115 Å². The molecule has 0 aliphatic rings. The van der Waals surface area contributed by atoms with Crippen molar-refractivity contribution in [1.29, 1.82) is 0 Å². The first-order valence-corrected chi connectivity index (χ1v) is 11.2. The maximum absolute atomic E-state index is 12.5. The Kier molecular flexibility index (Phi) is 5.56. The van der Waals surface area contributed by atoms with E-state index >= 15 is 0 Å². The first-order chi connectivity index (χ1) is 16.8. The zero-order valence-electron chi connectivity index (χ0n) is 20.0. The van der Waals surface area contributed by atoms with E-state index in [1.54, 1.807) is 23.1 Å². The van der Waals surface area contributed by atoms with Gasteiger partial charge in [0, 0.05) is 42.7 Å². The van der Waals surface area contributed by atoms with Crippen LogP contribution in [0.25, 0.3) is 16.9 Å². The van der Waals surface area contributed by atoms with Crippen molar-refractivity contribution >= 4 is 28.9 Å². The number of carbonyl (C=O) groups excluding carboxylic acids is 1. The average molecular weight is 471 g/mol. The minimum atomic E-state index is -0.171. The van der Waals surface area contributed by atoms with Gasteiger partial charge in [0.2, 0.25) is 5.91 Å². The van der Waals surface area contributed by atoms with Crippen molar-refractivity contribution in [2.24, 2.45) is 7.05 Å². The molecule has 0 unspecified atom stereocenters. The number of rotatable bonds is 6. The van der Waals surface area contributed by atoms with E-state index in [4.69, 9.17) is 4.52 Å². The molecule has 0 saturated heterocycles. The van der Waals surface area contributed by atoms with Crippen LogP contribution >= 0.6 is 0 Å². The SMILES string of the molecule is Cn1cc(Nc2nccn3c(-c4ccc(CC(=O)Nc5cc(C(C)(C)C)on5)cc4)cnc23)cn1. The Morgan fingerprint density at radius 1 is 1.11 bits per heavy atom. The van der Waals surface area contributed by atoms with Crippen LogP contribution in [0, 0.1) is 0 Å². The van der Waals surface area contributed by atoms with E-state index in [9.17, 15) is 4.79 Å². The van der Waals surface area contributed by atoms with Crippen LogP contribution in [0.1, 0.15) is 32.1 Å². The first kappa shape index (κ1) is 22.3. The third-order valence-electron chi connectivity index (χ3n) is 5.53. The fourth-order valence-corrected chi connectivity index (χ4v) is 3.70. The second-order valence-corrected chi connectivity index (χ2v) is 9.39. The third kappa shape index (κ3) is 4.77. The zero-order valence-corrected chi connectivity index (χ0v) is 20.0. The smallest absolute Gasteiger partial charge is 0.230 e. The van der Waals surface area contributed by atoms with Crippen molar-refractivity contribution in [3.63, 3.8) is 0 Å². The van der Waals surface area contributed by atoms with Crippen LogP contribution in [0.5, 0.6) is 0 Å². The minimum absolute atomic E-state index is 0.154. The van der Waals surface area contributed by atoms with E-state index in [0.29, 0.717) is 17.3 Å². The van der Waals surface area contributed by atoms with Crippen LogP contribution in [0.15, 0.2) is 65.8 Å². The summed E-state index contributed by atoms with van der Waals surface area (Å²) in [5, 5.41) is 14.2. The lowest BCUT2D eigenvalue weighted by Crippen LogP contribution is -2.14. The number of amides is 1. The van der Waals surface area contributed by atoms with Gasteiger partial charge in [-0.2, -0.15) is 5.10 Å². The van der Waals surface area contributed by atoms with Crippen LogP contribution in [0.3, 0.4) is 0 Å². The number of hydrogen-bond acceptors (Lipinski definition) is 7. The Morgan fingerprint density at radius 2 is 1.91 bits per heavy atom. The highest BCUT2D eigenvalue weighted by Crippen LogP contribution is 2.26. The van der Waals surface area contributed by atoms with Crippen molar-refractivity contribution in [3.8, 4) is 11.3 Å². The molecular weight excluding hydrogens is 444 g/mol. The molecule has 1 amide bonds. The molecule has 0 spiro atoms. The van der Waals surface area contributed by atoms with Gasteiger partial charge in [0.05, 0.1) is 30.2 Å². The van der Waals surface area contributed by atoms with E-state index in [1.807, 2.05) is 75.1 Å². The van der Waals surface area contributed by atoms with Crippen molar-refractivity contribution in [3.05, 3.63) is 72.6 Å². The van der Waals surface area contributed by atoms with Crippen molar-refractivity contribution in [2.75, 3.05) is 10.6 Å². The van der Waals surface area contributed by atoms with E-state index in [2.05, 4.69) is 30.9 Å². The summed E-state index contributed by atoms with van der Waals surface area (Å²) in [7, 11) is 1.86. The Balaban J connectivity index is 1.29. The molecule has 0 bridgehead atoms. The quantitative estimate of drug-likeness (QED) is 0.379. The predicted octanol–water partition coefficient (Wildman–Crippen LogP) is 4.34. The maximum atomic E-state index is 12.5. The summed E-state index contributed by atoms with van der Waals surface area (Å²) < 4.78 is 9.02. The zero-order chi connectivity index (χ0) is 24.6. The van der Waals surface area contributed by atoms with Gasteiger partial charge in [-0.15, -0.1) is 0 Å². The average Bonchev–Trinajstić information content (AvgIpc) is 3.54. The second-order valence-electron chi connectivity index (χ2n) is 9.39. The first-order valence-electron chi connectivity index (χ1n) is 11.2. The number of carbonyl (C=O) groups is 1.